The number of nitrogens with zero attached hydrogens (tertiary/aromatic N) is 1. The summed E-state index contributed by atoms with van der Waals surface area (Å²) >= 11 is 0. The first-order chi connectivity index (χ1) is 7.52. The van der Waals surface area contributed by atoms with Gasteiger partial charge in [-0.15, -0.1) is 0 Å². The highest BCUT2D eigenvalue weighted by Crippen LogP contribution is 2.39. The van der Waals surface area contributed by atoms with Crippen LogP contribution in [0.2, 0.25) is 0 Å². The van der Waals surface area contributed by atoms with Crippen LogP contribution in [0.25, 0.3) is 0 Å². The molecule has 0 spiro atoms. The molecular weight excluding hydrogens is 202 g/mol. The fourth-order valence-electron chi connectivity index (χ4n) is 2.42. The highest BCUT2D eigenvalue weighted by Gasteiger charge is 2.35. The second-order valence-corrected chi connectivity index (χ2v) is 4.65. The number of carboxylic acids is 1. The van der Waals surface area contributed by atoms with Gasteiger partial charge in [0.15, 0.2) is 0 Å². The number of anilines is 1. The third-order valence-electron chi connectivity index (χ3n) is 3.23. The fourth-order valence-corrected chi connectivity index (χ4v) is 2.42. The van der Waals surface area contributed by atoms with Crippen LogP contribution >= 0.6 is 0 Å². The number of hydrogen-bond acceptors (Lipinski definition) is 2. The molecule has 0 aromatic heterocycles. The van der Waals surface area contributed by atoms with E-state index in [9.17, 15) is 9.90 Å². The van der Waals surface area contributed by atoms with E-state index in [-0.39, 0.29) is 5.92 Å². The summed E-state index contributed by atoms with van der Waals surface area (Å²) in [6.07, 6.45) is 0. The van der Waals surface area contributed by atoms with Crippen molar-refractivity contribution in [1.29, 1.82) is 0 Å². The zero-order valence-electron chi connectivity index (χ0n) is 9.90. The number of aliphatic carboxylic acids is 1. The fraction of sp³-hybridized carbons (Fsp3) is 0.462. The molecule has 1 aliphatic heterocycles. The number of fused-ring (bicyclic) bond motifs is 1. The monoisotopic (exact) mass is 219 g/mol. The van der Waals surface area contributed by atoms with E-state index in [0.717, 1.165) is 16.8 Å². The van der Waals surface area contributed by atoms with Crippen LogP contribution in [-0.2, 0) is 4.79 Å². The molecule has 2 rings (SSSR count). The van der Waals surface area contributed by atoms with Crippen LogP contribution in [0.15, 0.2) is 18.2 Å². The average Bonchev–Trinajstić information content (AvgIpc) is 2.58. The molecule has 1 atom stereocenters. The number of carboxylic acid groups (broad SMARTS) is 1. The van der Waals surface area contributed by atoms with Gasteiger partial charge in [0.25, 0.3) is 0 Å². The zero-order chi connectivity index (χ0) is 11.9. The molecular formula is C13H17NO2. The summed E-state index contributed by atoms with van der Waals surface area (Å²) < 4.78 is 0. The topological polar surface area (TPSA) is 40.5 Å². The predicted molar refractivity (Wildman–Crippen MR) is 64.0 cm³/mol. The smallest absolute Gasteiger partial charge is 0.312 e. The Hall–Kier alpha value is -1.51. The molecule has 0 saturated carbocycles. The Morgan fingerprint density at radius 2 is 2.19 bits per heavy atom. The molecule has 1 aromatic rings. The van der Waals surface area contributed by atoms with Crippen molar-refractivity contribution in [3.05, 3.63) is 29.3 Å². The van der Waals surface area contributed by atoms with E-state index in [1.165, 1.54) is 0 Å². The van der Waals surface area contributed by atoms with Crippen molar-refractivity contribution in [3.63, 3.8) is 0 Å². The summed E-state index contributed by atoms with van der Waals surface area (Å²) in [4.78, 5) is 13.4. The van der Waals surface area contributed by atoms with E-state index < -0.39 is 5.97 Å². The number of carbonyl (C=O) groups is 1. The van der Waals surface area contributed by atoms with Crippen LogP contribution in [-0.4, -0.2) is 23.7 Å². The Labute approximate surface area is 95.7 Å². The minimum atomic E-state index is -0.727. The predicted octanol–water partition coefficient (Wildman–Crippen LogP) is 2.39. The lowest BCUT2D eigenvalue weighted by Gasteiger charge is -2.25. The molecule has 86 valence electrons. The molecule has 0 amide bonds. The number of rotatable bonds is 2. The van der Waals surface area contributed by atoms with Crippen LogP contribution in [0.4, 0.5) is 5.69 Å². The van der Waals surface area contributed by atoms with Gasteiger partial charge in [-0.05, 0) is 31.9 Å². The van der Waals surface area contributed by atoms with Crippen molar-refractivity contribution >= 4 is 11.7 Å². The van der Waals surface area contributed by atoms with Crippen molar-refractivity contribution in [2.45, 2.75) is 32.7 Å². The van der Waals surface area contributed by atoms with Crippen LogP contribution in [0.3, 0.4) is 0 Å². The molecule has 0 aliphatic carbocycles. The highest BCUT2D eigenvalue weighted by atomic mass is 16.4. The second-order valence-electron chi connectivity index (χ2n) is 4.65. The zero-order valence-corrected chi connectivity index (χ0v) is 9.90. The standard InChI is InChI=1S/C13H17NO2/c1-8(2)14-7-11(13(15)16)10-6-4-5-9(3)12(10)14/h4-6,8,11H,7H2,1-3H3,(H,15,16). The van der Waals surface area contributed by atoms with Crippen molar-refractivity contribution in [2.75, 3.05) is 11.4 Å². The van der Waals surface area contributed by atoms with Crippen LogP contribution in [0.5, 0.6) is 0 Å². The first-order valence-corrected chi connectivity index (χ1v) is 5.61. The molecule has 1 N–H and O–H groups in total. The number of benzene rings is 1. The van der Waals surface area contributed by atoms with E-state index in [4.69, 9.17) is 0 Å². The summed E-state index contributed by atoms with van der Waals surface area (Å²) in [5.41, 5.74) is 3.24. The van der Waals surface area contributed by atoms with Gasteiger partial charge in [-0.25, -0.2) is 0 Å². The minimum absolute atomic E-state index is 0.337. The molecule has 0 radical (unpaired) electrons. The molecule has 1 aromatic carbocycles. The van der Waals surface area contributed by atoms with Crippen molar-refractivity contribution in [2.24, 2.45) is 0 Å². The maximum atomic E-state index is 11.2. The lowest BCUT2D eigenvalue weighted by atomic mass is 10.00. The van der Waals surface area contributed by atoms with E-state index in [0.29, 0.717) is 12.6 Å². The summed E-state index contributed by atoms with van der Waals surface area (Å²) in [5.74, 6) is -1.10. The summed E-state index contributed by atoms with van der Waals surface area (Å²) in [7, 11) is 0. The Morgan fingerprint density at radius 1 is 1.50 bits per heavy atom. The van der Waals surface area contributed by atoms with Gasteiger partial charge in [0.05, 0.1) is 0 Å². The molecule has 1 aliphatic rings. The Kier molecular flexibility index (Phi) is 2.62. The maximum absolute atomic E-state index is 11.2. The van der Waals surface area contributed by atoms with Gasteiger partial charge in [0, 0.05) is 18.3 Å². The van der Waals surface area contributed by atoms with Crippen molar-refractivity contribution < 1.29 is 9.90 Å². The third kappa shape index (κ3) is 1.56. The van der Waals surface area contributed by atoms with Gasteiger partial charge in [-0.1, -0.05) is 18.2 Å². The average molecular weight is 219 g/mol. The van der Waals surface area contributed by atoms with Gasteiger partial charge in [-0.3, -0.25) is 4.79 Å². The first kappa shape index (κ1) is 11.0. The lowest BCUT2D eigenvalue weighted by molar-refractivity contribution is -0.138. The molecule has 0 bridgehead atoms. The van der Waals surface area contributed by atoms with Crippen LogP contribution < -0.4 is 4.90 Å². The molecule has 3 heteroatoms. The highest BCUT2D eigenvalue weighted by molar-refractivity contribution is 5.84. The third-order valence-corrected chi connectivity index (χ3v) is 3.23. The summed E-state index contributed by atoms with van der Waals surface area (Å²) in [6, 6.07) is 6.25. The van der Waals surface area contributed by atoms with E-state index in [1.807, 2.05) is 25.1 Å². The maximum Gasteiger partial charge on any atom is 0.312 e. The van der Waals surface area contributed by atoms with Gasteiger partial charge in [0.1, 0.15) is 5.92 Å². The van der Waals surface area contributed by atoms with E-state index >= 15 is 0 Å². The van der Waals surface area contributed by atoms with Gasteiger partial charge >= 0.3 is 5.97 Å². The van der Waals surface area contributed by atoms with Crippen molar-refractivity contribution in [3.8, 4) is 0 Å². The number of aryl methyl sites for hydroxylation is 1. The second kappa shape index (κ2) is 3.81. The minimum Gasteiger partial charge on any atom is -0.481 e. The number of para-hydroxylation sites is 1. The van der Waals surface area contributed by atoms with E-state index in [2.05, 4.69) is 18.7 Å². The Morgan fingerprint density at radius 3 is 2.75 bits per heavy atom. The Bertz CT molecular complexity index is 426. The van der Waals surface area contributed by atoms with Gasteiger partial charge in [-0.2, -0.15) is 0 Å². The number of hydrogen-bond donors (Lipinski definition) is 1. The Balaban J connectivity index is 2.53. The molecule has 1 unspecified atom stereocenters. The van der Waals surface area contributed by atoms with E-state index in [1.54, 1.807) is 0 Å². The van der Waals surface area contributed by atoms with Crippen LogP contribution in [0.1, 0.15) is 30.9 Å². The molecule has 0 saturated heterocycles. The summed E-state index contributed by atoms with van der Waals surface area (Å²) in [5, 5.41) is 9.22. The first-order valence-electron chi connectivity index (χ1n) is 5.61. The largest absolute Gasteiger partial charge is 0.481 e. The molecule has 3 nitrogen and oxygen atoms in total. The quantitative estimate of drug-likeness (QED) is 0.830. The van der Waals surface area contributed by atoms with Gasteiger partial charge in [0.2, 0.25) is 0 Å². The molecule has 16 heavy (non-hydrogen) atoms. The molecule has 1 heterocycles. The van der Waals surface area contributed by atoms with Crippen molar-refractivity contribution in [1.82, 2.24) is 0 Å². The van der Waals surface area contributed by atoms with Gasteiger partial charge < -0.3 is 10.0 Å². The normalized spacial score (nSPS) is 19.0. The lowest BCUT2D eigenvalue weighted by Crippen LogP contribution is -2.31. The van der Waals surface area contributed by atoms with Crippen LogP contribution in [0, 0.1) is 6.92 Å². The molecule has 0 fully saturated rings. The summed E-state index contributed by atoms with van der Waals surface area (Å²) in [6.45, 7) is 6.83. The SMILES string of the molecule is Cc1cccc2c1N(C(C)C)CC2C(=O)O.